The van der Waals surface area contributed by atoms with Gasteiger partial charge < -0.3 is 20.5 Å². The molecule has 8 heteroatoms. The Morgan fingerprint density at radius 2 is 2.45 bits per heavy atom. The Bertz CT molecular complexity index is 520. The minimum absolute atomic E-state index is 0.0975. The molecule has 0 amide bonds. The average molecular weight is 303 g/mol. The molecule has 1 aliphatic heterocycles. The number of nitrogens with zero attached hydrogens (tertiary/aromatic N) is 3. The number of anilines is 1. The third-order valence-corrected chi connectivity index (χ3v) is 3.65. The summed E-state index contributed by atoms with van der Waals surface area (Å²) in [5.74, 6) is 0. The lowest BCUT2D eigenvalue weighted by atomic mass is 10.1. The fourth-order valence-corrected chi connectivity index (χ4v) is 2.41. The van der Waals surface area contributed by atoms with Gasteiger partial charge in [-0.3, -0.25) is 4.79 Å². The molecule has 7 nitrogen and oxygen atoms in total. The van der Waals surface area contributed by atoms with Crippen molar-refractivity contribution in [2.75, 3.05) is 31.2 Å². The maximum absolute atomic E-state index is 12.0. The summed E-state index contributed by atoms with van der Waals surface area (Å²) in [5.41, 5.74) is 6.03. The Labute approximate surface area is 121 Å². The normalized spacial score (nSPS) is 21.0. The average Bonchev–Trinajstić information content (AvgIpc) is 2.44. The van der Waals surface area contributed by atoms with Gasteiger partial charge in [0.05, 0.1) is 37.7 Å². The smallest absolute Gasteiger partial charge is 0.287 e. The number of ether oxygens (including phenoxy) is 1. The first kappa shape index (κ1) is 15.2. The van der Waals surface area contributed by atoms with Crippen LogP contribution in [0.3, 0.4) is 0 Å². The summed E-state index contributed by atoms with van der Waals surface area (Å²) >= 11 is 6.13. The third kappa shape index (κ3) is 3.12. The number of aliphatic hydroxyl groups excluding tert-OH is 1. The molecule has 1 fully saturated rings. The second kappa shape index (κ2) is 6.53. The van der Waals surface area contributed by atoms with E-state index in [1.54, 1.807) is 6.20 Å². The van der Waals surface area contributed by atoms with E-state index >= 15 is 0 Å². The highest BCUT2D eigenvalue weighted by Gasteiger charge is 2.26. The fourth-order valence-electron chi connectivity index (χ4n) is 2.14. The monoisotopic (exact) mass is 302 g/mol. The molecule has 0 spiro atoms. The van der Waals surface area contributed by atoms with E-state index in [4.69, 9.17) is 27.2 Å². The molecule has 1 aromatic heterocycles. The van der Waals surface area contributed by atoms with Gasteiger partial charge in [-0.2, -0.15) is 5.10 Å². The summed E-state index contributed by atoms with van der Waals surface area (Å²) in [4.78, 5) is 14.0. The second-order valence-electron chi connectivity index (χ2n) is 4.81. The van der Waals surface area contributed by atoms with Crippen molar-refractivity contribution in [3.63, 3.8) is 0 Å². The van der Waals surface area contributed by atoms with Crippen LogP contribution in [0.15, 0.2) is 11.0 Å². The molecule has 20 heavy (non-hydrogen) atoms. The molecule has 1 saturated heterocycles. The number of rotatable bonds is 4. The van der Waals surface area contributed by atoms with Crippen LogP contribution in [0.1, 0.15) is 6.92 Å². The predicted octanol–water partition coefficient (Wildman–Crippen LogP) is -0.559. The Morgan fingerprint density at radius 3 is 3.10 bits per heavy atom. The highest BCUT2D eigenvalue weighted by molar-refractivity contribution is 6.33. The maximum atomic E-state index is 12.0. The van der Waals surface area contributed by atoms with Crippen LogP contribution in [0.25, 0.3) is 0 Å². The van der Waals surface area contributed by atoms with Crippen molar-refractivity contribution in [3.05, 3.63) is 21.6 Å². The first-order valence-corrected chi connectivity index (χ1v) is 6.91. The molecule has 2 heterocycles. The van der Waals surface area contributed by atoms with Gasteiger partial charge in [-0.1, -0.05) is 11.6 Å². The van der Waals surface area contributed by atoms with E-state index in [0.717, 1.165) is 4.68 Å². The maximum Gasteiger partial charge on any atom is 0.287 e. The van der Waals surface area contributed by atoms with Crippen molar-refractivity contribution >= 4 is 17.3 Å². The van der Waals surface area contributed by atoms with Gasteiger partial charge in [-0.05, 0) is 6.92 Å². The van der Waals surface area contributed by atoms with E-state index in [1.165, 1.54) is 0 Å². The van der Waals surface area contributed by atoms with Gasteiger partial charge in [0, 0.05) is 19.1 Å². The van der Waals surface area contributed by atoms with Crippen molar-refractivity contribution in [1.29, 1.82) is 0 Å². The van der Waals surface area contributed by atoms with Crippen molar-refractivity contribution < 1.29 is 9.84 Å². The number of hydrogen-bond acceptors (Lipinski definition) is 6. The van der Waals surface area contributed by atoms with Crippen LogP contribution in [0, 0.1) is 0 Å². The van der Waals surface area contributed by atoms with E-state index in [2.05, 4.69) is 5.10 Å². The molecule has 0 radical (unpaired) electrons. The SMILES string of the molecule is CC(N)C1CN(c2cnn(CCO)c(=O)c2Cl)CCO1. The van der Waals surface area contributed by atoms with Gasteiger partial charge in [-0.25, -0.2) is 4.68 Å². The largest absolute Gasteiger partial charge is 0.394 e. The zero-order valence-electron chi connectivity index (χ0n) is 11.3. The van der Waals surface area contributed by atoms with Crippen LogP contribution in [0.5, 0.6) is 0 Å². The van der Waals surface area contributed by atoms with Gasteiger partial charge in [0.25, 0.3) is 5.56 Å². The van der Waals surface area contributed by atoms with Crippen molar-refractivity contribution in [3.8, 4) is 0 Å². The molecular formula is C12H19ClN4O3. The summed E-state index contributed by atoms with van der Waals surface area (Å²) < 4.78 is 6.73. The van der Waals surface area contributed by atoms with Crippen LogP contribution in [0.2, 0.25) is 5.02 Å². The lowest BCUT2D eigenvalue weighted by Crippen LogP contribution is -2.50. The lowest BCUT2D eigenvalue weighted by molar-refractivity contribution is 0.0275. The van der Waals surface area contributed by atoms with E-state index in [9.17, 15) is 4.79 Å². The lowest BCUT2D eigenvalue weighted by Gasteiger charge is -2.36. The van der Waals surface area contributed by atoms with Crippen molar-refractivity contribution in [1.82, 2.24) is 9.78 Å². The van der Waals surface area contributed by atoms with Crippen LogP contribution >= 0.6 is 11.6 Å². The Balaban J connectivity index is 2.24. The van der Waals surface area contributed by atoms with Crippen LogP contribution in [0.4, 0.5) is 5.69 Å². The van der Waals surface area contributed by atoms with Gasteiger partial charge in [0.2, 0.25) is 0 Å². The quantitative estimate of drug-likeness (QED) is 0.774. The summed E-state index contributed by atoms with van der Waals surface area (Å²) in [6.45, 7) is 3.59. The number of hydrogen-bond donors (Lipinski definition) is 2. The molecule has 112 valence electrons. The third-order valence-electron chi connectivity index (χ3n) is 3.30. The molecule has 2 unspecified atom stereocenters. The van der Waals surface area contributed by atoms with Crippen molar-refractivity contribution in [2.45, 2.75) is 25.6 Å². The number of nitrogens with two attached hydrogens (primary N) is 1. The predicted molar refractivity (Wildman–Crippen MR) is 76.2 cm³/mol. The summed E-state index contributed by atoms with van der Waals surface area (Å²) in [7, 11) is 0. The number of halogens is 1. The molecule has 0 bridgehead atoms. The van der Waals surface area contributed by atoms with Gasteiger partial charge >= 0.3 is 0 Å². The minimum Gasteiger partial charge on any atom is -0.394 e. The molecule has 0 saturated carbocycles. The number of aromatic nitrogens is 2. The summed E-state index contributed by atoms with van der Waals surface area (Å²) in [5, 5.41) is 13.0. The van der Waals surface area contributed by atoms with Crippen LogP contribution in [-0.2, 0) is 11.3 Å². The van der Waals surface area contributed by atoms with Crippen LogP contribution < -0.4 is 16.2 Å². The van der Waals surface area contributed by atoms with Gasteiger partial charge in [0.15, 0.2) is 0 Å². The van der Waals surface area contributed by atoms with E-state index in [1.807, 2.05) is 11.8 Å². The first-order valence-electron chi connectivity index (χ1n) is 6.53. The van der Waals surface area contributed by atoms with E-state index < -0.39 is 5.56 Å². The highest BCUT2D eigenvalue weighted by atomic mass is 35.5. The van der Waals surface area contributed by atoms with Gasteiger partial charge in [-0.15, -0.1) is 0 Å². The fraction of sp³-hybridized carbons (Fsp3) is 0.667. The zero-order valence-corrected chi connectivity index (χ0v) is 12.1. The Hall–Kier alpha value is -1.15. The van der Waals surface area contributed by atoms with E-state index in [-0.39, 0.29) is 30.3 Å². The summed E-state index contributed by atoms with van der Waals surface area (Å²) in [6, 6.07) is -0.0979. The topological polar surface area (TPSA) is 93.6 Å². The number of morpholine rings is 1. The highest BCUT2D eigenvalue weighted by Crippen LogP contribution is 2.23. The molecule has 2 rings (SSSR count). The zero-order chi connectivity index (χ0) is 14.7. The Kier molecular flexibility index (Phi) is 4.98. The van der Waals surface area contributed by atoms with Gasteiger partial charge in [0.1, 0.15) is 5.02 Å². The summed E-state index contributed by atoms with van der Waals surface area (Å²) in [6.07, 6.45) is 1.45. The van der Waals surface area contributed by atoms with E-state index in [0.29, 0.717) is 25.4 Å². The number of aliphatic hydroxyl groups is 1. The van der Waals surface area contributed by atoms with Crippen molar-refractivity contribution in [2.24, 2.45) is 5.73 Å². The molecule has 0 aromatic carbocycles. The first-order chi connectivity index (χ1) is 9.54. The molecule has 3 N–H and O–H groups in total. The molecule has 2 atom stereocenters. The Morgan fingerprint density at radius 1 is 1.70 bits per heavy atom. The standard InChI is InChI=1S/C12H19ClN4O3/c1-8(14)10-7-16(3-5-20-10)9-6-15-17(2-4-18)12(19)11(9)13/h6,8,10,18H,2-5,7,14H2,1H3. The molecule has 1 aliphatic rings. The molecule has 1 aromatic rings. The molecular weight excluding hydrogens is 284 g/mol. The minimum atomic E-state index is -0.401. The molecule has 0 aliphatic carbocycles. The second-order valence-corrected chi connectivity index (χ2v) is 5.19. The van der Waals surface area contributed by atoms with Crippen LogP contribution in [-0.4, -0.2) is 53.3 Å².